The molecule has 20 heavy (non-hydrogen) atoms. The Hall–Kier alpha value is -2.28. The van der Waals surface area contributed by atoms with Gasteiger partial charge in [0.1, 0.15) is 16.5 Å². The van der Waals surface area contributed by atoms with E-state index in [9.17, 15) is 8.42 Å². The molecular weight excluding hydrogens is 278 g/mol. The molecule has 0 bridgehead atoms. The Balaban J connectivity index is 2.43. The minimum Gasteiger partial charge on any atom is -0.495 e. The molecule has 2 aromatic rings. The number of nitrogens with two attached hydrogens (primary N) is 1. The summed E-state index contributed by atoms with van der Waals surface area (Å²) in [6.07, 6.45) is 0. The summed E-state index contributed by atoms with van der Waals surface area (Å²) in [7, 11) is -2.41. The molecule has 106 valence electrons. The lowest BCUT2D eigenvalue weighted by atomic mass is 10.3. The van der Waals surface area contributed by atoms with Gasteiger partial charge in [0.2, 0.25) is 0 Å². The molecule has 0 spiro atoms. The van der Waals surface area contributed by atoms with Crippen LogP contribution in [0.3, 0.4) is 0 Å². The Labute approximate surface area is 117 Å². The molecule has 2 rings (SSSR count). The number of aromatic nitrogens is 1. The van der Waals surface area contributed by atoms with E-state index in [0.717, 1.165) is 0 Å². The van der Waals surface area contributed by atoms with Gasteiger partial charge in [-0.25, -0.2) is 13.4 Å². The molecule has 0 saturated carbocycles. The number of hydrogen-bond acceptors (Lipinski definition) is 5. The molecule has 0 amide bonds. The van der Waals surface area contributed by atoms with Crippen LogP contribution in [0.25, 0.3) is 0 Å². The molecule has 6 nitrogen and oxygen atoms in total. The Bertz CT molecular complexity index is 729. The van der Waals surface area contributed by atoms with Crippen LogP contribution in [-0.2, 0) is 10.0 Å². The van der Waals surface area contributed by atoms with Gasteiger partial charge in [0.15, 0.2) is 0 Å². The molecule has 0 fully saturated rings. The van der Waals surface area contributed by atoms with Crippen LogP contribution in [0.15, 0.2) is 41.3 Å². The Morgan fingerprint density at radius 3 is 2.65 bits per heavy atom. The van der Waals surface area contributed by atoms with E-state index < -0.39 is 10.0 Å². The molecule has 3 N–H and O–H groups in total. The first-order valence-corrected chi connectivity index (χ1v) is 7.31. The molecule has 0 aliphatic heterocycles. The molecule has 0 saturated heterocycles. The predicted molar refractivity (Wildman–Crippen MR) is 77.2 cm³/mol. The van der Waals surface area contributed by atoms with Crippen molar-refractivity contribution in [3.05, 3.63) is 42.1 Å². The maximum absolute atomic E-state index is 12.4. The fraction of sp³-hybridized carbons (Fsp3) is 0.154. The standard InChI is InChI=1S/C13H15N3O3S/c1-9-4-3-5-13(15-9)16-20(17,18)12-8-10(14)6-7-11(12)19-2/h3-8H,14H2,1-2H3,(H,15,16). The summed E-state index contributed by atoms with van der Waals surface area (Å²) < 4.78 is 32.2. The van der Waals surface area contributed by atoms with Gasteiger partial charge in [0.25, 0.3) is 10.0 Å². The summed E-state index contributed by atoms with van der Waals surface area (Å²) >= 11 is 0. The highest BCUT2D eigenvalue weighted by Gasteiger charge is 2.20. The van der Waals surface area contributed by atoms with Crippen LogP contribution >= 0.6 is 0 Å². The second kappa shape index (κ2) is 5.38. The first kappa shape index (κ1) is 14.1. The van der Waals surface area contributed by atoms with Crippen LogP contribution in [0, 0.1) is 6.92 Å². The van der Waals surface area contributed by atoms with Gasteiger partial charge < -0.3 is 10.5 Å². The van der Waals surface area contributed by atoms with E-state index in [2.05, 4.69) is 9.71 Å². The monoisotopic (exact) mass is 293 g/mol. The zero-order chi connectivity index (χ0) is 14.8. The fourth-order valence-electron chi connectivity index (χ4n) is 1.70. The number of rotatable bonds is 4. The van der Waals surface area contributed by atoms with Crippen molar-refractivity contribution in [2.75, 3.05) is 17.6 Å². The first-order valence-electron chi connectivity index (χ1n) is 5.82. The van der Waals surface area contributed by atoms with Crippen molar-refractivity contribution in [3.8, 4) is 5.75 Å². The molecule has 1 aromatic heterocycles. The van der Waals surface area contributed by atoms with E-state index in [-0.39, 0.29) is 16.5 Å². The number of nitrogen functional groups attached to an aromatic ring is 1. The summed E-state index contributed by atoms with van der Waals surface area (Å²) in [6, 6.07) is 9.49. The third-order valence-corrected chi connectivity index (χ3v) is 3.98. The average Bonchev–Trinajstić information content (AvgIpc) is 2.38. The summed E-state index contributed by atoms with van der Waals surface area (Å²) in [6.45, 7) is 1.78. The second-order valence-corrected chi connectivity index (χ2v) is 5.83. The van der Waals surface area contributed by atoms with Crippen molar-refractivity contribution in [1.82, 2.24) is 4.98 Å². The fourth-order valence-corrected chi connectivity index (χ4v) is 2.90. The van der Waals surface area contributed by atoms with Gasteiger partial charge in [-0.15, -0.1) is 0 Å². The SMILES string of the molecule is COc1ccc(N)cc1S(=O)(=O)Nc1cccc(C)n1. The molecule has 0 aliphatic carbocycles. The van der Waals surface area contributed by atoms with Crippen molar-refractivity contribution in [1.29, 1.82) is 0 Å². The quantitative estimate of drug-likeness (QED) is 0.838. The number of pyridine rings is 1. The predicted octanol–water partition coefficient (Wildman–Crippen LogP) is 1.78. The lowest BCUT2D eigenvalue weighted by Gasteiger charge is -2.11. The Morgan fingerprint density at radius 1 is 1.25 bits per heavy atom. The highest BCUT2D eigenvalue weighted by atomic mass is 32.2. The van der Waals surface area contributed by atoms with Gasteiger partial charge in [-0.3, -0.25) is 4.72 Å². The number of hydrogen-bond donors (Lipinski definition) is 2. The maximum atomic E-state index is 12.4. The number of benzene rings is 1. The number of methoxy groups -OCH3 is 1. The van der Waals surface area contributed by atoms with Gasteiger partial charge >= 0.3 is 0 Å². The highest BCUT2D eigenvalue weighted by Crippen LogP contribution is 2.27. The zero-order valence-corrected chi connectivity index (χ0v) is 11.9. The van der Waals surface area contributed by atoms with Crippen LogP contribution in [0.1, 0.15) is 5.69 Å². The van der Waals surface area contributed by atoms with Crippen LogP contribution in [0.2, 0.25) is 0 Å². The topological polar surface area (TPSA) is 94.3 Å². The summed E-state index contributed by atoms with van der Waals surface area (Å²) in [5, 5.41) is 0. The van der Waals surface area contributed by atoms with Gasteiger partial charge in [-0.05, 0) is 37.3 Å². The molecule has 0 aliphatic rings. The smallest absolute Gasteiger partial charge is 0.266 e. The third-order valence-electron chi connectivity index (χ3n) is 2.60. The highest BCUT2D eigenvalue weighted by molar-refractivity contribution is 7.92. The molecule has 7 heteroatoms. The normalized spacial score (nSPS) is 11.1. The molecule has 1 heterocycles. The Kier molecular flexibility index (Phi) is 3.80. The van der Waals surface area contributed by atoms with E-state index in [0.29, 0.717) is 11.4 Å². The van der Waals surface area contributed by atoms with Crippen molar-refractivity contribution >= 4 is 21.5 Å². The largest absolute Gasteiger partial charge is 0.495 e. The average molecular weight is 293 g/mol. The van der Waals surface area contributed by atoms with Gasteiger partial charge in [-0.1, -0.05) is 6.07 Å². The van der Waals surface area contributed by atoms with Crippen LogP contribution in [0.5, 0.6) is 5.75 Å². The minimum absolute atomic E-state index is 0.0247. The van der Waals surface area contributed by atoms with Crippen molar-refractivity contribution in [2.24, 2.45) is 0 Å². The minimum atomic E-state index is -3.81. The maximum Gasteiger partial charge on any atom is 0.266 e. The van der Waals surface area contributed by atoms with E-state index in [1.54, 1.807) is 31.2 Å². The summed E-state index contributed by atoms with van der Waals surface area (Å²) in [5.41, 5.74) is 6.68. The van der Waals surface area contributed by atoms with Gasteiger partial charge in [-0.2, -0.15) is 0 Å². The number of sulfonamides is 1. The number of nitrogens with zero attached hydrogens (tertiary/aromatic N) is 1. The second-order valence-electron chi connectivity index (χ2n) is 4.18. The van der Waals surface area contributed by atoms with E-state index >= 15 is 0 Å². The van der Waals surface area contributed by atoms with E-state index in [1.807, 2.05) is 0 Å². The van der Waals surface area contributed by atoms with Crippen molar-refractivity contribution < 1.29 is 13.2 Å². The van der Waals surface area contributed by atoms with E-state index in [1.165, 1.54) is 19.2 Å². The molecule has 1 aromatic carbocycles. The number of nitrogens with one attached hydrogen (secondary N) is 1. The first-order chi connectivity index (χ1) is 9.42. The Morgan fingerprint density at radius 2 is 2.00 bits per heavy atom. The summed E-state index contributed by atoms with van der Waals surface area (Å²) in [4.78, 5) is 4.07. The van der Waals surface area contributed by atoms with E-state index in [4.69, 9.17) is 10.5 Å². The van der Waals surface area contributed by atoms with Crippen LogP contribution in [0.4, 0.5) is 11.5 Å². The number of aryl methyl sites for hydroxylation is 1. The van der Waals surface area contributed by atoms with Crippen LogP contribution < -0.4 is 15.2 Å². The van der Waals surface area contributed by atoms with Crippen molar-refractivity contribution in [3.63, 3.8) is 0 Å². The lowest BCUT2D eigenvalue weighted by Crippen LogP contribution is -2.15. The summed E-state index contributed by atoms with van der Waals surface area (Å²) in [5.74, 6) is 0.467. The van der Waals surface area contributed by atoms with Crippen molar-refractivity contribution in [2.45, 2.75) is 11.8 Å². The van der Waals surface area contributed by atoms with Gasteiger partial charge in [0.05, 0.1) is 7.11 Å². The lowest BCUT2D eigenvalue weighted by molar-refractivity contribution is 0.403. The molecule has 0 unspecified atom stereocenters. The zero-order valence-electron chi connectivity index (χ0n) is 11.1. The number of anilines is 2. The third kappa shape index (κ3) is 3.00. The van der Waals surface area contributed by atoms with Gasteiger partial charge in [0, 0.05) is 11.4 Å². The van der Waals surface area contributed by atoms with Crippen LogP contribution in [-0.4, -0.2) is 20.5 Å². The molecular formula is C13H15N3O3S. The molecule has 0 radical (unpaired) electrons. The number of ether oxygens (including phenoxy) is 1. The molecule has 0 atom stereocenters.